The number of nitrogens with zero attached hydrogens (tertiary/aromatic N) is 1. The van der Waals surface area contributed by atoms with Gasteiger partial charge in [-0.05, 0) is 61.2 Å². The fourth-order valence-electron chi connectivity index (χ4n) is 3.58. The minimum Gasteiger partial charge on any atom is -0.494 e. The van der Waals surface area contributed by atoms with Crippen LogP contribution in [-0.2, 0) is 16.1 Å². The first-order chi connectivity index (χ1) is 14.6. The second kappa shape index (κ2) is 10.6. The monoisotopic (exact) mass is 407 g/mol. The quantitative estimate of drug-likeness (QED) is 0.622. The molecule has 0 radical (unpaired) electrons. The van der Waals surface area contributed by atoms with Crippen molar-refractivity contribution in [1.29, 1.82) is 0 Å². The molecule has 1 aliphatic heterocycles. The summed E-state index contributed by atoms with van der Waals surface area (Å²) in [5.41, 5.74) is 8.15. The molecule has 158 valence electrons. The molecule has 1 aliphatic rings. The summed E-state index contributed by atoms with van der Waals surface area (Å²) in [4.78, 5) is 26.2. The van der Waals surface area contributed by atoms with E-state index in [0.717, 1.165) is 48.4 Å². The maximum atomic E-state index is 12.4. The SMILES string of the molecule is CCCOc1ccc(/C=C/C(=O)Nc2ccccc2CN2CCCC2C(N)=O)cc1. The number of nitrogens with two attached hydrogens (primary N) is 1. The molecule has 0 aliphatic carbocycles. The maximum absolute atomic E-state index is 12.4. The van der Waals surface area contributed by atoms with Crippen molar-refractivity contribution < 1.29 is 14.3 Å². The second-order valence-electron chi connectivity index (χ2n) is 7.43. The van der Waals surface area contributed by atoms with Gasteiger partial charge >= 0.3 is 0 Å². The Bertz CT molecular complexity index is 893. The van der Waals surface area contributed by atoms with E-state index in [0.29, 0.717) is 13.2 Å². The van der Waals surface area contributed by atoms with Crippen molar-refractivity contribution in [2.45, 2.75) is 38.8 Å². The molecule has 2 aromatic rings. The number of rotatable bonds is 9. The van der Waals surface area contributed by atoms with Crippen LogP contribution in [0.15, 0.2) is 54.6 Å². The molecule has 0 aromatic heterocycles. The number of anilines is 1. The van der Waals surface area contributed by atoms with E-state index in [4.69, 9.17) is 10.5 Å². The lowest BCUT2D eigenvalue weighted by Gasteiger charge is -2.23. The van der Waals surface area contributed by atoms with Gasteiger partial charge in [0.2, 0.25) is 11.8 Å². The van der Waals surface area contributed by atoms with Crippen LogP contribution in [-0.4, -0.2) is 35.9 Å². The molecule has 1 unspecified atom stereocenters. The molecule has 0 bridgehead atoms. The maximum Gasteiger partial charge on any atom is 0.248 e. The number of amides is 2. The number of benzene rings is 2. The molecule has 30 heavy (non-hydrogen) atoms. The van der Waals surface area contributed by atoms with Crippen LogP contribution in [0.5, 0.6) is 5.75 Å². The van der Waals surface area contributed by atoms with E-state index in [-0.39, 0.29) is 17.9 Å². The summed E-state index contributed by atoms with van der Waals surface area (Å²) in [7, 11) is 0. The molecule has 0 spiro atoms. The highest BCUT2D eigenvalue weighted by molar-refractivity contribution is 6.02. The minimum atomic E-state index is -0.289. The van der Waals surface area contributed by atoms with Gasteiger partial charge in [0.15, 0.2) is 0 Å². The van der Waals surface area contributed by atoms with Gasteiger partial charge in [-0.15, -0.1) is 0 Å². The van der Waals surface area contributed by atoms with Gasteiger partial charge < -0.3 is 15.8 Å². The number of primary amides is 1. The van der Waals surface area contributed by atoms with Gasteiger partial charge in [-0.1, -0.05) is 37.3 Å². The summed E-state index contributed by atoms with van der Waals surface area (Å²) in [6, 6.07) is 15.0. The van der Waals surface area contributed by atoms with E-state index < -0.39 is 0 Å². The van der Waals surface area contributed by atoms with Gasteiger partial charge in [-0.25, -0.2) is 0 Å². The van der Waals surface area contributed by atoms with Gasteiger partial charge in [0.1, 0.15) is 5.75 Å². The van der Waals surface area contributed by atoms with Crippen LogP contribution in [0, 0.1) is 0 Å². The smallest absolute Gasteiger partial charge is 0.248 e. The van der Waals surface area contributed by atoms with Crippen molar-refractivity contribution >= 4 is 23.6 Å². The molecule has 2 amide bonds. The van der Waals surface area contributed by atoms with E-state index in [1.165, 1.54) is 6.08 Å². The molecule has 1 fully saturated rings. The van der Waals surface area contributed by atoms with E-state index in [2.05, 4.69) is 17.1 Å². The molecule has 2 aromatic carbocycles. The number of hydrogen-bond donors (Lipinski definition) is 2. The first-order valence-corrected chi connectivity index (χ1v) is 10.4. The van der Waals surface area contributed by atoms with Gasteiger partial charge in [-0.2, -0.15) is 0 Å². The Morgan fingerprint density at radius 3 is 2.70 bits per heavy atom. The van der Waals surface area contributed by atoms with Gasteiger partial charge in [0.05, 0.1) is 12.6 Å². The molecule has 6 heteroatoms. The van der Waals surface area contributed by atoms with Crippen LogP contribution < -0.4 is 15.8 Å². The van der Waals surface area contributed by atoms with E-state index in [1.54, 1.807) is 6.08 Å². The number of likely N-dealkylation sites (tertiary alicyclic amines) is 1. The van der Waals surface area contributed by atoms with Crippen LogP contribution in [0.2, 0.25) is 0 Å². The summed E-state index contributed by atoms with van der Waals surface area (Å²) in [5, 5.41) is 2.94. The van der Waals surface area contributed by atoms with Crippen molar-refractivity contribution in [3.63, 3.8) is 0 Å². The lowest BCUT2D eigenvalue weighted by atomic mass is 10.1. The summed E-state index contributed by atoms with van der Waals surface area (Å²) in [5.74, 6) is 0.327. The molecule has 1 saturated heterocycles. The first-order valence-electron chi connectivity index (χ1n) is 10.4. The zero-order valence-electron chi connectivity index (χ0n) is 17.3. The summed E-state index contributed by atoms with van der Waals surface area (Å²) in [6.07, 6.45) is 5.98. The molecular weight excluding hydrogens is 378 g/mol. The molecule has 3 N–H and O–H groups in total. The van der Waals surface area contributed by atoms with Crippen LogP contribution >= 0.6 is 0 Å². The average molecular weight is 408 g/mol. The van der Waals surface area contributed by atoms with Crippen LogP contribution in [0.4, 0.5) is 5.69 Å². The molecule has 1 atom stereocenters. The van der Waals surface area contributed by atoms with Crippen molar-refractivity contribution in [3.05, 3.63) is 65.7 Å². The third kappa shape index (κ3) is 5.94. The molecule has 1 heterocycles. The first kappa shape index (κ1) is 21.6. The fraction of sp³-hybridized carbons (Fsp3) is 0.333. The van der Waals surface area contributed by atoms with E-state index in [9.17, 15) is 9.59 Å². The Labute approximate surface area is 177 Å². The minimum absolute atomic E-state index is 0.207. The number of nitrogens with one attached hydrogen (secondary N) is 1. The third-order valence-corrected chi connectivity index (χ3v) is 5.12. The van der Waals surface area contributed by atoms with Crippen molar-refractivity contribution in [2.75, 3.05) is 18.5 Å². The highest BCUT2D eigenvalue weighted by Crippen LogP contribution is 2.24. The number of para-hydroxylation sites is 1. The van der Waals surface area contributed by atoms with Crippen molar-refractivity contribution in [1.82, 2.24) is 4.90 Å². The van der Waals surface area contributed by atoms with Gasteiger partial charge in [0.25, 0.3) is 0 Å². The predicted molar refractivity (Wildman–Crippen MR) is 119 cm³/mol. The lowest BCUT2D eigenvalue weighted by molar-refractivity contribution is -0.122. The van der Waals surface area contributed by atoms with Crippen LogP contribution in [0.25, 0.3) is 6.08 Å². The van der Waals surface area contributed by atoms with Gasteiger partial charge in [-0.3, -0.25) is 14.5 Å². The third-order valence-electron chi connectivity index (χ3n) is 5.12. The summed E-state index contributed by atoms with van der Waals surface area (Å²) in [6.45, 7) is 4.16. The predicted octanol–water partition coefficient (Wildman–Crippen LogP) is 3.58. The Hall–Kier alpha value is -3.12. The molecular formula is C24H29N3O3. The van der Waals surface area contributed by atoms with Crippen LogP contribution in [0.1, 0.15) is 37.3 Å². The zero-order valence-corrected chi connectivity index (χ0v) is 17.3. The van der Waals surface area contributed by atoms with Crippen molar-refractivity contribution in [3.8, 4) is 5.75 Å². The fourth-order valence-corrected chi connectivity index (χ4v) is 3.58. The topological polar surface area (TPSA) is 84.7 Å². The highest BCUT2D eigenvalue weighted by Gasteiger charge is 2.29. The Kier molecular flexibility index (Phi) is 7.63. The Balaban J connectivity index is 1.61. The van der Waals surface area contributed by atoms with E-state index >= 15 is 0 Å². The molecule has 0 saturated carbocycles. The number of carbonyl (C=O) groups excluding carboxylic acids is 2. The number of carbonyl (C=O) groups is 2. The Morgan fingerprint density at radius 1 is 1.20 bits per heavy atom. The van der Waals surface area contributed by atoms with Gasteiger partial charge in [0, 0.05) is 18.3 Å². The largest absolute Gasteiger partial charge is 0.494 e. The van der Waals surface area contributed by atoms with Crippen molar-refractivity contribution in [2.24, 2.45) is 5.73 Å². The molecule has 3 rings (SSSR count). The summed E-state index contributed by atoms with van der Waals surface area (Å²) >= 11 is 0. The number of hydrogen-bond acceptors (Lipinski definition) is 4. The standard InChI is InChI=1S/C24H29N3O3/c1-2-16-30-20-12-9-18(10-13-20)11-14-23(28)26-21-7-4-3-6-19(21)17-27-15-5-8-22(27)24(25)29/h3-4,6-7,9-14,22H,2,5,8,15-17H2,1H3,(H2,25,29)(H,26,28)/b14-11+. The average Bonchev–Trinajstić information content (AvgIpc) is 3.21. The highest BCUT2D eigenvalue weighted by atomic mass is 16.5. The van der Waals surface area contributed by atoms with Crippen LogP contribution in [0.3, 0.4) is 0 Å². The molecule has 6 nitrogen and oxygen atoms in total. The van der Waals surface area contributed by atoms with E-state index in [1.807, 2.05) is 48.5 Å². The normalized spacial score (nSPS) is 16.6. The second-order valence-corrected chi connectivity index (χ2v) is 7.43. The Morgan fingerprint density at radius 2 is 1.97 bits per heavy atom. The summed E-state index contributed by atoms with van der Waals surface area (Å²) < 4.78 is 5.57. The lowest BCUT2D eigenvalue weighted by Crippen LogP contribution is -2.39. The number of ether oxygens (including phenoxy) is 1. The zero-order chi connectivity index (χ0) is 21.3.